The van der Waals surface area contributed by atoms with Crippen LogP contribution in [0.5, 0.6) is 0 Å². The van der Waals surface area contributed by atoms with E-state index in [0.717, 1.165) is 12.8 Å². The van der Waals surface area contributed by atoms with Crippen LogP contribution in [0.2, 0.25) is 0 Å². The van der Waals surface area contributed by atoms with Gasteiger partial charge in [0.2, 0.25) is 5.91 Å². The number of nitrogens with zero attached hydrogens (tertiary/aromatic N) is 1. The van der Waals surface area contributed by atoms with Crippen molar-refractivity contribution in [3.05, 3.63) is 0 Å². The van der Waals surface area contributed by atoms with Crippen molar-refractivity contribution in [2.75, 3.05) is 13.1 Å². The van der Waals surface area contributed by atoms with Gasteiger partial charge in [-0.05, 0) is 33.6 Å². The van der Waals surface area contributed by atoms with E-state index in [1.165, 1.54) is 6.92 Å². The molecule has 0 spiro atoms. The van der Waals surface area contributed by atoms with Crippen LogP contribution in [0.25, 0.3) is 0 Å². The van der Waals surface area contributed by atoms with Crippen LogP contribution < -0.4 is 5.32 Å². The fraction of sp³-hybridized carbons (Fsp3) is 0.857. The zero-order valence-electron chi connectivity index (χ0n) is 13.1. The van der Waals surface area contributed by atoms with Crippen LogP contribution in [0.4, 0.5) is 4.79 Å². The van der Waals surface area contributed by atoms with Crippen molar-refractivity contribution in [1.29, 1.82) is 0 Å². The molecule has 19 heavy (non-hydrogen) atoms. The van der Waals surface area contributed by atoms with Crippen LogP contribution in [0.1, 0.15) is 54.4 Å². The average Bonchev–Trinajstić information content (AvgIpc) is 2.29. The molecule has 1 rings (SSSR count). The first kappa shape index (κ1) is 17.7. The minimum absolute atomic E-state index is 0.0132. The molecule has 1 fully saturated rings. The Kier molecular flexibility index (Phi) is 7.49. The van der Waals surface area contributed by atoms with Gasteiger partial charge in [0.25, 0.3) is 0 Å². The van der Waals surface area contributed by atoms with E-state index in [-0.39, 0.29) is 18.0 Å². The Labute approximate surface area is 116 Å². The topological polar surface area (TPSA) is 58.6 Å². The zero-order chi connectivity index (χ0) is 15.1. The minimum atomic E-state index is -0.453. The highest BCUT2D eigenvalue weighted by Crippen LogP contribution is 2.15. The number of ether oxygens (including phenoxy) is 1. The van der Waals surface area contributed by atoms with Crippen molar-refractivity contribution in [1.82, 2.24) is 10.2 Å². The van der Waals surface area contributed by atoms with Gasteiger partial charge in [-0.25, -0.2) is 4.79 Å². The number of amides is 2. The van der Waals surface area contributed by atoms with E-state index in [2.05, 4.69) is 5.32 Å². The highest BCUT2D eigenvalue weighted by Gasteiger charge is 2.26. The third kappa shape index (κ3) is 7.70. The largest absolute Gasteiger partial charge is 0.444 e. The van der Waals surface area contributed by atoms with Gasteiger partial charge in [-0.3, -0.25) is 4.79 Å². The lowest BCUT2D eigenvalue weighted by Crippen LogP contribution is -2.47. The summed E-state index contributed by atoms with van der Waals surface area (Å²) in [5.74, 6) is -0.0132. The van der Waals surface area contributed by atoms with E-state index in [1.54, 1.807) is 4.90 Å². The molecule has 0 aliphatic carbocycles. The fourth-order valence-corrected chi connectivity index (χ4v) is 1.82. The van der Waals surface area contributed by atoms with E-state index in [1.807, 2.05) is 34.6 Å². The van der Waals surface area contributed by atoms with E-state index in [9.17, 15) is 9.59 Å². The van der Waals surface area contributed by atoms with Crippen LogP contribution in [-0.4, -0.2) is 41.6 Å². The summed E-state index contributed by atoms with van der Waals surface area (Å²) in [6, 6.07) is 0.186. The van der Waals surface area contributed by atoms with Gasteiger partial charge in [-0.15, -0.1) is 0 Å². The summed E-state index contributed by atoms with van der Waals surface area (Å²) in [4.78, 5) is 24.4. The summed E-state index contributed by atoms with van der Waals surface area (Å²) in [6.45, 7) is 12.4. The maximum atomic E-state index is 11.8. The van der Waals surface area contributed by atoms with E-state index in [0.29, 0.717) is 13.1 Å². The Morgan fingerprint density at radius 1 is 1.16 bits per heavy atom. The number of nitrogens with one attached hydrogen (secondary N) is 1. The predicted octanol–water partition coefficient (Wildman–Crippen LogP) is 2.55. The van der Waals surface area contributed by atoms with E-state index < -0.39 is 5.60 Å². The number of rotatable bonds is 1. The molecule has 5 heteroatoms. The average molecular weight is 272 g/mol. The third-order valence-corrected chi connectivity index (χ3v) is 2.55. The van der Waals surface area contributed by atoms with Gasteiger partial charge in [0.15, 0.2) is 0 Å². The molecule has 0 saturated carbocycles. The molecule has 1 N–H and O–H groups in total. The fourth-order valence-electron chi connectivity index (χ4n) is 1.82. The van der Waals surface area contributed by atoms with Gasteiger partial charge in [0.05, 0.1) is 0 Å². The molecule has 0 aromatic carbocycles. The first-order chi connectivity index (χ1) is 8.78. The van der Waals surface area contributed by atoms with Gasteiger partial charge in [-0.1, -0.05) is 13.8 Å². The normalized spacial score (nSPS) is 16.2. The molecule has 0 aromatic rings. The molecule has 0 atom stereocenters. The molecule has 0 aromatic heterocycles. The maximum Gasteiger partial charge on any atom is 0.410 e. The SMILES string of the molecule is CC.CC(=O)NC1CCN(C(=O)OC(C)(C)C)CC1. The van der Waals surface area contributed by atoms with E-state index in [4.69, 9.17) is 4.74 Å². The number of piperidine rings is 1. The summed E-state index contributed by atoms with van der Waals surface area (Å²) in [5, 5.41) is 2.87. The van der Waals surface area contributed by atoms with Gasteiger partial charge >= 0.3 is 6.09 Å². The Morgan fingerprint density at radius 2 is 1.63 bits per heavy atom. The van der Waals surface area contributed by atoms with Crippen molar-refractivity contribution in [3.8, 4) is 0 Å². The molecule has 2 amide bonds. The van der Waals surface area contributed by atoms with Crippen LogP contribution in [0.3, 0.4) is 0 Å². The molecule has 1 heterocycles. The number of carbonyl (C=O) groups is 2. The lowest BCUT2D eigenvalue weighted by molar-refractivity contribution is -0.119. The Hall–Kier alpha value is -1.26. The second kappa shape index (κ2) is 8.02. The Bertz CT molecular complexity index is 290. The quantitative estimate of drug-likeness (QED) is 0.798. The van der Waals surface area contributed by atoms with Crippen LogP contribution in [-0.2, 0) is 9.53 Å². The van der Waals surface area contributed by atoms with Crippen molar-refractivity contribution < 1.29 is 14.3 Å². The van der Waals surface area contributed by atoms with Crippen molar-refractivity contribution in [3.63, 3.8) is 0 Å². The number of carbonyl (C=O) groups excluding carboxylic acids is 2. The van der Waals surface area contributed by atoms with Gasteiger partial charge in [-0.2, -0.15) is 0 Å². The molecule has 1 saturated heterocycles. The van der Waals surface area contributed by atoms with Crippen LogP contribution in [0.15, 0.2) is 0 Å². The monoisotopic (exact) mass is 272 g/mol. The van der Waals surface area contributed by atoms with Crippen LogP contribution >= 0.6 is 0 Å². The third-order valence-electron chi connectivity index (χ3n) is 2.55. The summed E-state index contributed by atoms with van der Waals surface area (Å²) in [5.41, 5.74) is -0.453. The van der Waals surface area contributed by atoms with Gasteiger partial charge in [0, 0.05) is 26.1 Å². The molecule has 0 bridgehead atoms. The first-order valence-electron chi connectivity index (χ1n) is 7.03. The zero-order valence-corrected chi connectivity index (χ0v) is 13.1. The molecule has 5 nitrogen and oxygen atoms in total. The molecule has 1 aliphatic heterocycles. The molecule has 0 radical (unpaired) electrons. The van der Waals surface area contributed by atoms with Crippen molar-refractivity contribution in [2.24, 2.45) is 0 Å². The summed E-state index contributed by atoms with van der Waals surface area (Å²) < 4.78 is 5.29. The lowest BCUT2D eigenvalue weighted by atomic mass is 10.1. The molecule has 0 unspecified atom stereocenters. The van der Waals surface area contributed by atoms with E-state index >= 15 is 0 Å². The number of hydrogen-bond donors (Lipinski definition) is 1. The lowest BCUT2D eigenvalue weighted by Gasteiger charge is -2.33. The Balaban J connectivity index is 0.00000154. The van der Waals surface area contributed by atoms with Crippen molar-refractivity contribution >= 4 is 12.0 Å². The van der Waals surface area contributed by atoms with Crippen molar-refractivity contribution in [2.45, 2.75) is 66.0 Å². The molecular formula is C14H28N2O3. The smallest absolute Gasteiger partial charge is 0.410 e. The summed E-state index contributed by atoms with van der Waals surface area (Å²) in [6.07, 6.45) is 1.32. The van der Waals surface area contributed by atoms with Gasteiger partial charge < -0.3 is 15.0 Å². The molecular weight excluding hydrogens is 244 g/mol. The van der Waals surface area contributed by atoms with Gasteiger partial charge in [0.1, 0.15) is 5.60 Å². The molecule has 112 valence electrons. The summed E-state index contributed by atoms with van der Waals surface area (Å²) >= 11 is 0. The minimum Gasteiger partial charge on any atom is -0.444 e. The van der Waals surface area contributed by atoms with Crippen LogP contribution in [0, 0.1) is 0 Å². The second-order valence-electron chi connectivity index (χ2n) is 5.44. The maximum absolute atomic E-state index is 11.8. The second-order valence-corrected chi connectivity index (χ2v) is 5.44. The summed E-state index contributed by atoms with van der Waals surface area (Å²) in [7, 11) is 0. The predicted molar refractivity (Wildman–Crippen MR) is 76.0 cm³/mol. The standard InChI is InChI=1S/C12H22N2O3.C2H6/c1-9(15)13-10-5-7-14(8-6-10)11(16)17-12(2,3)4;1-2/h10H,5-8H2,1-4H3,(H,13,15);1-2H3. The number of likely N-dealkylation sites (tertiary alicyclic amines) is 1. The Morgan fingerprint density at radius 3 is 2.00 bits per heavy atom. The number of hydrogen-bond acceptors (Lipinski definition) is 3. The highest BCUT2D eigenvalue weighted by molar-refractivity contribution is 5.73. The first-order valence-corrected chi connectivity index (χ1v) is 7.03. The molecule has 1 aliphatic rings. The highest BCUT2D eigenvalue weighted by atomic mass is 16.6.